The second-order valence-electron chi connectivity index (χ2n) is 4.36. The zero-order valence-corrected chi connectivity index (χ0v) is 12.0. The van der Waals surface area contributed by atoms with Gasteiger partial charge >= 0.3 is 0 Å². The Kier molecular flexibility index (Phi) is 6.67. The van der Waals surface area contributed by atoms with Crippen LogP contribution in [0.5, 0.6) is 5.75 Å². The predicted octanol–water partition coefficient (Wildman–Crippen LogP) is 2.69. The van der Waals surface area contributed by atoms with Crippen LogP contribution in [0, 0.1) is 0 Å². The summed E-state index contributed by atoms with van der Waals surface area (Å²) in [4.78, 5) is 11.5. The van der Waals surface area contributed by atoms with Crippen molar-refractivity contribution < 1.29 is 14.6 Å². The van der Waals surface area contributed by atoms with Gasteiger partial charge in [-0.05, 0) is 31.0 Å². The van der Waals surface area contributed by atoms with Gasteiger partial charge in [0.25, 0.3) is 5.91 Å². The van der Waals surface area contributed by atoms with Crippen LogP contribution >= 0.6 is 11.6 Å². The van der Waals surface area contributed by atoms with Gasteiger partial charge in [-0.1, -0.05) is 31.0 Å². The number of rotatable bonds is 7. The molecule has 0 saturated carbocycles. The fourth-order valence-electron chi connectivity index (χ4n) is 1.49. The molecule has 1 aromatic rings. The second kappa shape index (κ2) is 8.02. The summed E-state index contributed by atoms with van der Waals surface area (Å²) in [6, 6.07) is 5.02. The number of halogens is 1. The van der Waals surface area contributed by atoms with Crippen LogP contribution in [0.15, 0.2) is 18.2 Å². The maximum absolute atomic E-state index is 11.5. The van der Waals surface area contributed by atoms with Crippen LogP contribution in [0.4, 0.5) is 0 Å². The first kappa shape index (κ1) is 15.8. The average Bonchev–Trinajstić information content (AvgIpc) is 2.37. The number of benzene rings is 1. The number of carbonyl (C=O) groups is 1. The van der Waals surface area contributed by atoms with E-state index in [4.69, 9.17) is 16.3 Å². The molecule has 0 aliphatic heterocycles. The Balaban J connectivity index is 2.47. The maximum atomic E-state index is 11.5. The molecular weight excluding hydrogens is 266 g/mol. The third-order valence-corrected chi connectivity index (χ3v) is 2.94. The summed E-state index contributed by atoms with van der Waals surface area (Å²) < 4.78 is 5.34. The van der Waals surface area contributed by atoms with Gasteiger partial charge in [0.15, 0.2) is 6.61 Å². The molecule has 0 aliphatic carbocycles. The zero-order chi connectivity index (χ0) is 14.3. The minimum atomic E-state index is -0.580. The number of aliphatic hydroxyl groups is 1. The SMILES string of the molecule is CCCCNC(=O)COc1ccc([C@@H](C)O)cc1Cl. The molecule has 1 amide bonds. The van der Waals surface area contributed by atoms with E-state index in [1.807, 2.05) is 0 Å². The van der Waals surface area contributed by atoms with Crippen molar-refractivity contribution in [2.24, 2.45) is 0 Å². The van der Waals surface area contributed by atoms with E-state index in [2.05, 4.69) is 12.2 Å². The number of unbranched alkanes of at least 4 members (excludes halogenated alkanes) is 1. The molecule has 0 heterocycles. The van der Waals surface area contributed by atoms with Crippen molar-refractivity contribution in [3.05, 3.63) is 28.8 Å². The van der Waals surface area contributed by atoms with Gasteiger partial charge < -0.3 is 15.2 Å². The molecule has 19 heavy (non-hydrogen) atoms. The van der Waals surface area contributed by atoms with Gasteiger partial charge in [0, 0.05) is 6.54 Å². The van der Waals surface area contributed by atoms with Crippen molar-refractivity contribution in [2.75, 3.05) is 13.2 Å². The van der Waals surface area contributed by atoms with Crippen LogP contribution in [-0.4, -0.2) is 24.2 Å². The quantitative estimate of drug-likeness (QED) is 0.757. The number of hydrogen-bond donors (Lipinski definition) is 2. The smallest absolute Gasteiger partial charge is 0.257 e. The fourth-order valence-corrected chi connectivity index (χ4v) is 1.74. The Morgan fingerprint density at radius 1 is 1.53 bits per heavy atom. The first-order chi connectivity index (χ1) is 9.04. The summed E-state index contributed by atoms with van der Waals surface area (Å²) in [5.74, 6) is 0.279. The zero-order valence-electron chi connectivity index (χ0n) is 11.3. The molecule has 2 N–H and O–H groups in total. The normalized spacial score (nSPS) is 12.0. The number of ether oxygens (including phenoxy) is 1. The van der Waals surface area contributed by atoms with Crippen LogP contribution in [0.25, 0.3) is 0 Å². The van der Waals surface area contributed by atoms with E-state index in [-0.39, 0.29) is 12.5 Å². The Hall–Kier alpha value is -1.26. The predicted molar refractivity (Wildman–Crippen MR) is 75.5 cm³/mol. The highest BCUT2D eigenvalue weighted by Gasteiger charge is 2.08. The molecule has 0 bridgehead atoms. The summed E-state index contributed by atoms with van der Waals surface area (Å²) in [5, 5.41) is 12.6. The average molecular weight is 286 g/mol. The third-order valence-electron chi connectivity index (χ3n) is 2.65. The van der Waals surface area contributed by atoms with Gasteiger partial charge in [0.05, 0.1) is 11.1 Å². The van der Waals surface area contributed by atoms with Gasteiger partial charge in [-0.2, -0.15) is 0 Å². The lowest BCUT2D eigenvalue weighted by atomic mass is 10.1. The van der Waals surface area contributed by atoms with Gasteiger partial charge in [0.1, 0.15) is 5.75 Å². The first-order valence-electron chi connectivity index (χ1n) is 6.41. The fraction of sp³-hybridized carbons (Fsp3) is 0.500. The minimum Gasteiger partial charge on any atom is -0.482 e. The molecule has 4 nitrogen and oxygen atoms in total. The maximum Gasteiger partial charge on any atom is 0.257 e. The van der Waals surface area contributed by atoms with Crippen molar-refractivity contribution in [1.82, 2.24) is 5.32 Å². The lowest BCUT2D eigenvalue weighted by molar-refractivity contribution is -0.123. The lowest BCUT2D eigenvalue weighted by Crippen LogP contribution is -2.29. The summed E-state index contributed by atoms with van der Waals surface area (Å²) in [6.07, 6.45) is 1.41. The number of hydrogen-bond acceptors (Lipinski definition) is 3. The minimum absolute atomic E-state index is 0.0581. The molecule has 0 fully saturated rings. The van der Waals surface area contributed by atoms with E-state index < -0.39 is 6.10 Å². The molecule has 1 atom stereocenters. The van der Waals surface area contributed by atoms with Crippen LogP contribution in [-0.2, 0) is 4.79 Å². The van der Waals surface area contributed by atoms with E-state index >= 15 is 0 Å². The van der Waals surface area contributed by atoms with Crippen LogP contribution in [0.1, 0.15) is 38.4 Å². The Labute approximate surface area is 118 Å². The molecular formula is C14H20ClNO3. The van der Waals surface area contributed by atoms with Crippen molar-refractivity contribution in [3.8, 4) is 5.75 Å². The van der Waals surface area contributed by atoms with Gasteiger partial charge in [-0.25, -0.2) is 0 Å². The van der Waals surface area contributed by atoms with E-state index in [1.165, 1.54) is 0 Å². The topological polar surface area (TPSA) is 58.6 Å². The molecule has 0 aromatic heterocycles. The molecule has 106 valence electrons. The second-order valence-corrected chi connectivity index (χ2v) is 4.77. The van der Waals surface area contributed by atoms with Gasteiger partial charge in [-0.3, -0.25) is 4.79 Å². The Morgan fingerprint density at radius 3 is 2.84 bits per heavy atom. The van der Waals surface area contributed by atoms with Crippen molar-refractivity contribution in [3.63, 3.8) is 0 Å². The van der Waals surface area contributed by atoms with Crippen LogP contribution < -0.4 is 10.1 Å². The Morgan fingerprint density at radius 2 is 2.26 bits per heavy atom. The monoisotopic (exact) mass is 285 g/mol. The third kappa shape index (κ3) is 5.49. The van der Waals surface area contributed by atoms with Gasteiger partial charge in [-0.15, -0.1) is 0 Å². The van der Waals surface area contributed by atoms with E-state index in [0.29, 0.717) is 22.9 Å². The highest BCUT2D eigenvalue weighted by atomic mass is 35.5. The van der Waals surface area contributed by atoms with E-state index in [0.717, 1.165) is 12.8 Å². The van der Waals surface area contributed by atoms with Crippen molar-refractivity contribution in [2.45, 2.75) is 32.8 Å². The van der Waals surface area contributed by atoms with E-state index in [9.17, 15) is 9.90 Å². The molecule has 0 radical (unpaired) electrons. The summed E-state index contributed by atoms with van der Waals surface area (Å²) in [7, 11) is 0. The first-order valence-corrected chi connectivity index (χ1v) is 6.79. The largest absolute Gasteiger partial charge is 0.482 e. The molecule has 1 rings (SSSR count). The molecule has 5 heteroatoms. The standard InChI is InChI=1S/C14H20ClNO3/c1-3-4-7-16-14(18)9-19-13-6-5-11(10(2)17)8-12(13)15/h5-6,8,10,17H,3-4,7,9H2,1-2H3,(H,16,18)/t10-/m1/s1. The summed E-state index contributed by atoms with van der Waals surface area (Å²) in [5.41, 5.74) is 0.713. The lowest BCUT2D eigenvalue weighted by Gasteiger charge is -2.11. The summed E-state index contributed by atoms with van der Waals surface area (Å²) >= 11 is 6.02. The molecule has 0 unspecified atom stereocenters. The van der Waals surface area contributed by atoms with Crippen LogP contribution in [0.2, 0.25) is 5.02 Å². The number of nitrogens with one attached hydrogen (secondary N) is 1. The van der Waals surface area contributed by atoms with E-state index in [1.54, 1.807) is 25.1 Å². The number of amides is 1. The Bertz CT molecular complexity index is 421. The number of aliphatic hydroxyl groups excluding tert-OH is 1. The molecule has 0 aliphatic rings. The van der Waals surface area contributed by atoms with Crippen LogP contribution in [0.3, 0.4) is 0 Å². The summed E-state index contributed by atoms with van der Waals surface area (Å²) in [6.45, 7) is 4.32. The van der Waals surface area contributed by atoms with Gasteiger partial charge in [0.2, 0.25) is 0 Å². The molecule has 0 saturated heterocycles. The molecule has 0 spiro atoms. The molecule has 1 aromatic carbocycles. The highest BCUT2D eigenvalue weighted by molar-refractivity contribution is 6.32. The van der Waals surface area contributed by atoms with Crippen molar-refractivity contribution >= 4 is 17.5 Å². The van der Waals surface area contributed by atoms with Crippen molar-refractivity contribution in [1.29, 1.82) is 0 Å². The highest BCUT2D eigenvalue weighted by Crippen LogP contribution is 2.27. The number of carbonyl (C=O) groups excluding carboxylic acids is 1.